The summed E-state index contributed by atoms with van der Waals surface area (Å²) in [4.78, 5) is 1.00. The van der Waals surface area contributed by atoms with Gasteiger partial charge in [-0.1, -0.05) is 13.0 Å². The molecule has 19 heavy (non-hydrogen) atoms. The molecule has 108 valence electrons. The maximum atomic E-state index is 13.9. The lowest BCUT2D eigenvalue weighted by Crippen LogP contribution is -2.35. The quantitative estimate of drug-likeness (QED) is 0.833. The highest BCUT2D eigenvalue weighted by atomic mass is 19.4. The van der Waals surface area contributed by atoms with Crippen molar-refractivity contribution >= 4 is 5.69 Å². The third kappa shape index (κ3) is 4.70. The second-order valence-electron chi connectivity index (χ2n) is 4.54. The molecule has 0 radical (unpaired) electrons. The van der Waals surface area contributed by atoms with Gasteiger partial charge in [-0.15, -0.1) is 0 Å². The third-order valence-corrected chi connectivity index (χ3v) is 2.70. The molecule has 0 saturated heterocycles. The smallest absolute Gasteiger partial charge is 0.360 e. The van der Waals surface area contributed by atoms with E-state index in [0.29, 0.717) is 12.0 Å². The predicted octanol–water partition coefficient (Wildman–Crippen LogP) is 3.62. The van der Waals surface area contributed by atoms with Crippen molar-refractivity contribution < 1.29 is 17.6 Å². The Morgan fingerprint density at radius 3 is 2.37 bits per heavy atom. The largest absolute Gasteiger partial charge is 0.405 e. The van der Waals surface area contributed by atoms with Gasteiger partial charge in [0.25, 0.3) is 0 Å². The van der Waals surface area contributed by atoms with Crippen molar-refractivity contribution in [2.75, 3.05) is 18.0 Å². The van der Waals surface area contributed by atoms with Crippen molar-refractivity contribution in [3.8, 4) is 0 Å². The maximum Gasteiger partial charge on any atom is 0.405 e. The van der Waals surface area contributed by atoms with Crippen molar-refractivity contribution in [3.63, 3.8) is 0 Å². The van der Waals surface area contributed by atoms with E-state index in [9.17, 15) is 17.6 Å². The first-order valence-corrected chi connectivity index (χ1v) is 6.11. The first-order valence-electron chi connectivity index (χ1n) is 6.11. The lowest BCUT2D eigenvalue weighted by atomic mass is 10.1. The van der Waals surface area contributed by atoms with Gasteiger partial charge in [-0.3, -0.25) is 0 Å². The number of nitrogens with two attached hydrogens (primary N) is 1. The molecule has 1 atom stereocenters. The van der Waals surface area contributed by atoms with Crippen LogP contribution in [-0.4, -0.2) is 19.3 Å². The van der Waals surface area contributed by atoms with E-state index >= 15 is 0 Å². The van der Waals surface area contributed by atoms with Gasteiger partial charge in [-0.2, -0.15) is 13.2 Å². The zero-order chi connectivity index (χ0) is 14.6. The highest BCUT2D eigenvalue weighted by Gasteiger charge is 2.31. The van der Waals surface area contributed by atoms with Crippen LogP contribution in [0.1, 0.15) is 31.9 Å². The molecule has 2 N–H and O–H groups in total. The van der Waals surface area contributed by atoms with Gasteiger partial charge in [0.1, 0.15) is 12.4 Å². The highest BCUT2D eigenvalue weighted by Crippen LogP contribution is 2.26. The molecule has 0 bridgehead atoms. The van der Waals surface area contributed by atoms with E-state index in [1.807, 2.05) is 0 Å². The van der Waals surface area contributed by atoms with Crippen molar-refractivity contribution in [1.29, 1.82) is 0 Å². The molecule has 0 aliphatic carbocycles. The number of nitrogens with zero attached hydrogens (tertiary/aromatic N) is 1. The molecule has 0 fully saturated rings. The first kappa shape index (κ1) is 15.8. The SMILES string of the molecule is CCCN(CC(F)(F)F)c1ccc(C(C)N)cc1F. The van der Waals surface area contributed by atoms with Crippen LogP contribution in [0.2, 0.25) is 0 Å². The van der Waals surface area contributed by atoms with Gasteiger partial charge in [0.2, 0.25) is 0 Å². The summed E-state index contributed by atoms with van der Waals surface area (Å²) in [6.07, 6.45) is -3.86. The van der Waals surface area contributed by atoms with E-state index in [0.717, 1.165) is 4.90 Å². The predicted molar refractivity (Wildman–Crippen MR) is 67.6 cm³/mol. The lowest BCUT2D eigenvalue weighted by Gasteiger charge is -2.26. The van der Waals surface area contributed by atoms with Crippen LogP contribution >= 0.6 is 0 Å². The summed E-state index contributed by atoms with van der Waals surface area (Å²) < 4.78 is 51.3. The number of benzene rings is 1. The van der Waals surface area contributed by atoms with E-state index in [1.165, 1.54) is 12.1 Å². The topological polar surface area (TPSA) is 29.3 Å². The number of anilines is 1. The van der Waals surface area contributed by atoms with E-state index in [-0.39, 0.29) is 18.3 Å². The van der Waals surface area contributed by atoms with Crippen LogP contribution in [0.25, 0.3) is 0 Å². The number of hydrogen-bond acceptors (Lipinski definition) is 2. The van der Waals surface area contributed by atoms with E-state index in [4.69, 9.17) is 5.73 Å². The number of halogens is 4. The fraction of sp³-hybridized carbons (Fsp3) is 0.538. The molecule has 1 unspecified atom stereocenters. The summed E-state index contributed by atoms with van der Waals surface area (Å²) in [5.41, 5.74) is 6.13. The Morgan fingerprint density at radius 2 is 1.95 bits per heavy atom. The summed E-state index contributed by atoms with van der Waals surface area (Å²) >= 11 is 0. The third-order valence-electron chi connectivity index (χ3n) is 2.70. The molecule has 0 saturated carbocycles. The monoisotopic (exact) mass is 278 g/mol. The lowest BCUT2D eigenvalue weighted by molar-refractivity contribution is -0.119. The van der Waals surface area contributed by atoms with Crippen LogP contribution in [0.4, 0.5) is 23.2 Å². The molecular formula is C13H18F4N2. The molecule has 6 heteroatoms. The molecule has 0 amide bonds. The van der Waals surface area contributed by atoms with E-state index in [1.54, 1.807) is 19.9 Å². The van der Waals surface area contributed by atoms with Crippen molar-refractivity contribution in [2.45, 2.75) is 32.5 Å². The Balaban J connectivity index is 3.02. The minimum atomic E-state index is -4.36. The van der Waals surface area contributed by atoms with Crippen LogP contribution in [0.3, 0.4) is 0 Å². The van der Waals surface area contributed by atoms with Gasteiger partial charge in [0, 0.05) is 12.6 Å². The molecule has 2 nitrogen and oxygen atoms in total. The minimum absolute atomic E-state index is 0.0384. The fourth-order valence-corrected chi connectivity index (χ4v) is 1.83. The zero-order valence-electron chi connectivity index (χ0n) is 11.0. The Kier molecular flexibility index (Phi) is 5.17. The Hall–Kier alpha value is -1.30. The van der Waals surface area contributed by atoms with Crippen LogP contribution in [0.15, 0.2) is 18.2 Å². The number of hydrogen-bond donors (Lipinski definition) is 1. The van der Waals surface area contributed by atoms with Crippen LogP contribution in [0.5, 0.6) is 0 Å². The summed E-state index contributed by atoms with van der Waals surface area (Å²) in [7, 11) is 0. The molecule has 1 aromatic rings. The summed E-state index contributed by atoms with van der Waals surface area (Å²) in [6, 6.07) is 3.75. The summed E-state index contributed by atoms with van der Waals surface area (Å²) in [5, 5.41) is 0. The molecule has 1 aromatic carbocycles. The molecule has 0 heterocycles. The van der Waals surface area contributed by atoms with Gasteiger partial charge >= 0.3 is 6.18 Å². The Labute approximate surface area is 110 Å². The molecule has 0 spiro atoms. The van der Waals surface area contributed by atoms with Gasteiger partial charge in [0.05, 0.1) is 5.69 Å². The summed E-state index contributed by atoms with van der Waals surface area (Å²) in [5.74, 6) is -0.674. The van der Waals surface area contributed by atoms with E-state index in [2.05, 4.69) is 0 Å². The molecule has 1 rings (SSSR count). The number of rotatable bonds is 5. The van der Waals surface area contributed by atoms with Crippen LogP contribution in [-0.2, 0) is 0 Å². The van der Waals surface area contributed by atoms with Gasteiger partial charge in [-0.25, -0.2) is 4.39 Å². The Bertz CT molecular complexity index is 416. The average molecular weight is 278 g/mol. The average Bonchev–Trinajstić information content (AvgIpc) is 2.26. The van der Waals surface area contributed by atoms with Crippen LogP contribution < -0.4 is 10.6 Å². The molecule has 0 aliphatic heterocycles. The van der Waals surface area contributed by atoms with Crippen molar-refractivity contribution in [3.05, 3.63) is 29.6 Å². The standard InChI is InChI=1S/C13H18F4N2/c1-3-6-19(8-13(15,16)17)12-5-4-10(9(2)18)7-11(12)14/h4-5,7,9H,3,6,8,18H2,1-2H3. The van der Waals surface area contributed by atoms with Gasteiger partial charge in [-0.05, 0) is 31.0 Å². The normalized spacial score (nSPS) is 13.4. The van der Waals surface area contributed by atoms with Gasteiger partial charge < -0.3 is 10.6 Å². The first-order chi connectivity index (χ1) is 8.74. The van der Waals surface area contributed by atoms with Crippen molar-refractivity contribution in [1.82, 2.24) is 0 Å². The molecular weight excluding hydrogens is 260 g/mol. The molecule has 0 aromatic heterocycles. The zero-order valence-corrected chi connectivity index (χ0v) is 11.0. The molecule has 0 aliphatic rings. The Morgan fingerprint density at radius 1 is 1.32 bits per heavy atom. The minimum Gasteiger partial charge on any atom is -0.360 e. The maximum absolute atomic E-state index is 13.9. The summed E-state index contributed by atoms with van der Waals surface area (Å²) in [6.45, 7) is 2.43. The highest BCUT2D eigenvalue weighted by molar-refractivity contribution is 5.49. The van der Waals surface area contributed by atoms with Gasteiger partial charge in [0.15, 0.2) is 0 Å². The second-order valence-corrected chi connectivity index (χ2v) is 4.54. The van der Waals surface area contributed by atoms with Crippen molar-refractivity contribution in [2.24, 2.45) is 5.73 Å². The van der Waals surface area contributed by atoms with Crippen LogP contribution in [0, 0.1) is 5.82 Å². The second kappa shape index (κ2) is 6.23. The van der Waals surface area contributed by atoms with E-state index < -0.39 is 18.5 Å². The fourth-order valence-electron chi connectivity index (χ4n) is 1.83. The number of alkyl halides is 3.